The first-order valence-electron chi connectivity index (χ1n) is 7.83. The molecule has 2 aromatic heterocycles. The molecule has 0 saturated carbocycles. The van der Waals surface area contributed by atoms with Crippen LogP contribution in [0.25, 0.3) is 0 Å². The highest BCUT2D eigenvalue weighted by Crippen LogP contribution is 2.18. The first kappa shape index (κ1) is 22.1. The molecule has 0 radical (unpaired) electrons. The van der Waals surface area contributed by atoms with Crippen LogP contribution in [0.1, 0.15) is 17.0 Å². The number of halogens is 3. The third-order valence-electron chi connectivity index (χ3n) is 3.31. The predicted octanol–water partition coefficient (Wildman–Crippen LogP) is 2.24. The molecule has 27 heavy (non-hydrogen) atoms. The van der Waals surface area contributed by atoms with Crippen molar-refractivity contribution < 1.29 is 23.1 Å². The maximum absolute atomic E-state index is 10.6. The highest BCUT2D eigenvalue weighted by molar-refractivity contribution is 5.73. The molecule has 0 spiro atoms. The third kappa shape index (κ3) is 7.42. The van der Waals surface area contributed by atoms with Gasteiger partial charge in [0, 0.05) is 56.9 Å². The number of nitrogens with zero attached hydrogens (tertiary/aromatic N) is 5. The summed E-state index contributed by atoms with van der Waals surface area (Å²) >= 11 is 0. The topological polar surface area (TPSA) is 104 Å². The van der Waals surface area contributed by atoms with Crippen molar-refractivity contribution in [1.29, 1.82) is 0 Å². The molecule has 0 fully saturated rings. The van der Waals surface area contributed by atoms with E-state index in [9.17, 15) is 13.2 Å². The molecule has 0 atom stereocenters. The van der Waals surface area contributed by atoms with Crippen LogP contribution in [0.2, 0.25) is 0 Å². The van der Waals surface area contributed by atoms with E-state index in [4.69, 9.17) is 9.90 Å². The summed E-state index contributed by atoms with van der Waals surface area (Å²) < 4.78 is 31.7. The van der Waals surface area contributed by atoms with Crippen LogP contribution in [0.5, 0.6) is 0 Å². The number of hydrogen-bond acceptors (Lipinski definition) is 7. The van der Waals surface area contributed by atoms with Gasteiger partial charge in [-0.25, -0.2) is 9.78 Å². The van der Waals surface area contributed by atoms with E-state index in [0.29, 0.717) is 0 Å². The minimum atomic E-state index is -5.08. The number of anilines is 2. The lowest BCUT2D eigenvalue weighted by molar-refractivity contribution is -0.192. The van der Waals surface area contributed by atoms with Crippen LogP contribution < -0.4 is 10.2 Å². The number of nitrogens with one attached hydrogen (secondary N) is 1. The quantitative estimate of drug-likeness (QED) is 0.806. The van der Waals surface area contributed by atoms with E-state index in [-0.39, 0.29) is 0 Å². The van der Waals surface area contributed by atoms with E-state index in [1.54, 1.807) is 18.6 Å². The van der Waals surface area contributed by atoms with Gasteiger partial charge >= 0.3 is 12.1 Å². The number of alkyl halides is 3. The van der Waals surface area contributed by atoms with Gasteiger partial charge in [-0.3, -0.25) is 9.97 Å². The van der Waals surface area contributed by atoms with Crippen LogP contribution in [0.4, 0.5) is 24.9 Å². The fourth-order valence-electron chi connectivity index (χ4n) is 1.75. The number of rotatable bonds is 5. The molecule has 0 aliphatic heterocycles. The van der Waals surface area contributed by atoms with E-state index in [1.165, 1.54) is 0 Å². The molecule has 11 heteroatoms. The minimum absolute atomic E-state index is 0.718. The molecule has 2 heterocycles. The van der Waals surface area contributed by atoms with Crippen molar-refractivity contribution in [3.63, 3.8) is 0 Å². The number of aromatic nitrogens is 4. The van der Waals surface area contributed by atoms with Crippen LogP contribution in [0, 0.1) is 13.8 Å². The molecular weight excluding hydrogens is 365 g/mol. The van der Waals surface area contributed by atoms with Crippen LogP contribution in [-0.4, -0.2) is 57.8 Å². The lowest BCUT2D eigenvalue weighted by Crippen LogP contribution is -2.21. The van der Waals surface area contributed by atoms with Gasteiger partial charge in [-0.2, -0.15) is 18.2 Å². The van der Waals surface area contributed by atoms with Crippen LogP contribution in [-0.2, 0) is 11.2 Å². The molecule has 2 N–H and O–H groups in total. The van der Waals surface area contributed by atoms with Gasteiger partial charge in [0.2, 0.25) is 5.95 Å². The smallest absolute Gasteiger partial charge is 0.475 e. The minimum Gasteiger partial charge on any atom is -0.475 e. The highest BCUT2D eigenvalue weighted by Gasteiger charge is 2.38. The second-order valence-corrected chi connectivity index (χ2v) is 5.65. The fraction of sp³-hybridized carbons (Fsp3) is 0.438. The standard InChI is InChI=1S/C14H20N6.C2HF3O2/c1-10-11(2)18-14(20(3)4)19-13(10)17-6-5-12-9-15-7-8-16-12;3-2(4,5)1(6)7/h7-9H,5-6H2,1-4H3,(H,17,18,19);(H,6,7). The van der Waals surface area contributed by atoms with Crippen molar-refractivity contribution in [3.8, 4) is 0 Å². The maximum Gasteiger partial charge on any atom is 0.490 e. The first-order valence-corrected chi connectivity index (χ1v) is 7.83. The molecular formula is C16H21F3N6O2. The molecule has 0 saturated heterocycles. The zero-order valence-corrected chi connectivity index (χ0v) is 15.4. The van der Waals surface area contributed by atoms with E-state index in [0.717, 1.165) is 41.7 Å². The largest absolute Gasteiger partial charge is 0.490 e. The first-order chi connectivity index (χ1) is 12.5. The Hall–Kier alpha value is -2.98. The van der Waals surface area contributed by atoms with Gasteiger partial charge in [0.1, 0.15) is 5.82 Å². The number of aryl methyl sites for hydroxylation is 1. The summed E-state index contributed by atoms with van der Waals surface area (Å²) in [6.07, 6.45) is 0.899. The number of carbonyl (C=O) groups is 1. The van der Waals surface area contributed by atoms with Gasteiger partial charge in [-0.05, 0) is 13.8 Å². The maximum atomic E-state index is 10.6. The van der Waals surface area contributed by atoms with Crippen molar-refractivity contribution in [1.82, 2.24) is 19.9 Å². The van der Waals surface area contributed by atoms with Crippen molar-refractivity contribution in [2.75, 3.05) is 30.9 Å². The Balaban J connectivity index is 0.000000445. The van der Waals surface area contributed by atoms with Gasteiger partial charge in [0.05, 0.1) is 5.69 Å². The van der Waals surface area contributed by atoms with Crippen molar-refractivity contribution in [2.45, 2.75) is 26.4 Å². The Morgan fingerprint density at radius 1 is 1.22 bits per heavy atom. The van der Waals surface area contributed by atoms with Crippen molar-refractivity contribution in [2.24, 2.45) is 0 Å². The fourth-order valence-corrected chi connectivity index (χ4v) is 1.75. The van der Waals surface area contributed by atoms with Crippen molar-refractivity contribution >= 4 is 17.7 Å². The predicted molar refractivity (Wildman–Crippen MR) is 93.7 cm³/mol. The summed E-state index contributed by atoms with van der Waals surface area (Å²) in [6, 6.07) is 0. The van der Waals surface area contributed by atoms with Gasteiger partial charge in [0.15, 0.2) is 0 Å². The Kier molecular flexibility index (Phi) is 7.88. The molecule has 2 rings (SSSR count). The molecule has 0 aliphatic carbocycles. The second kappa shape index (κ2) is 9.64. The van der Waals surface area contributed by atoms with Gasteiger partial charge < -0.3 is 15.3 Å². The van der Waals surface area contributed by atoms with E-state index < -0.39 is 12.1 Å². The molecule has 0 aliphatic rings. The van der Waals surface area contributed by atoms with E-state index in [1.807, 2.05) is 32.8 Å². The molecule has 0 unspecified atom stereocenters. The zero-order chi connectivity index (χ0) is 20.6. The Morgan fingerprint density at radius 3 is 2.33 bits per heavy atom. The average Bonchev–Trinajstić information content (AvgIpc) is 2.59. The average molecular weight is 386 g/mol. The lowest BCUT2D eigenvalue weighted by atomic mass is 10.2. The highest BCUT2D eigenvalue weighted by atomic mass is 19.4. The summed E-state index contributed by atoms with van der Waals surface area (Å²) in [5, 5.41) is 10.5. The molecule has 8 nitrogen and oxygen atoms in total. The summed E-state index contributed by atoms with van der Waals surface area (Å²) in [5.74, 6) is -1.16. The Labute approximate surface area is 154 Å². The summed E-state index contributed by atoms with van der Waals surface area (Å²) in [5.41, 5.74) is 3.04. The normalized spacial score (nSPS) is 10.6. The summed E-state index contributed by atoms with van der Waals surface area (Å²) in [4.78, 5) is 28.1. The summed E-state index contributed by atoms with van der Waals surface area (Å²) in [6.45, 7) is 4.79. The van der Waals surface area contributed by atoms with Crippen molar-refractivity contribution in [3.05, 3.63) is 35.5 Å². The van der Waals surface area contributed by atoms with Gasteiger partial charge in [-0.1, -0.05) is 0 Å². The number of carboxylic acids is 1. The second-order valence-electron chi connectivity index (χ2n) is 5.65. The third-order valence-corrected chi connectivity index (χ3v) is 3.31. The van der Waals surface area contributed by atoms with Gasteiger partial charge in [0.25, 0.3) is 0 Å². The molecule has 0 aromatic carbocycles. The van der Waals surface area contributed by atoms with Crippen LogP contribution in [0.15, 0.2) is 18.6 Å². The van der Waals surface area contributed by atoms with E-state index >= 15 is 0 Å². The zero-order valence-electron chi connectivity index (χ0n) is 15.4. The van der Waals surface area contributed by atoms with Crippen LogP contribution in [0.3, 0.4) is 0 Å². The molecule has 148 valence electrons. The number of aliphatic carboxylic acids is 1. The summed E-state index contributed by atoms with van der Waals surface area (Å²) in [7, 11) is 3.88. The van der Waals surface area contributed by atoms with Crippen LogP contribution >= 0.6 is 0 Å². The monoisotopic (exact) mass is 386 g/mol. The Morgan fingerprint density at radius 2 is 1.85 bits per heavy atom. The van der Waals surface area contributed by atoms with Gasteiger partial charge in [-0.15, -0.1) is 0 Å². The van der Waals surface area contributed by atoms with E-state index in [2.05, 4.69) is 25.3 Å². The number of hydrogen-bond donors (Lipinski definition) is 2. The lowest BCUT2D eigenvalue weighted by Gasteiger charge is -2.15. The molecule has 0 bridgehead atoms. The Bertz CT molecular complexity index is 754. The number of carboxylic acid groups (broad SMARTS) is 1. The molecule has 2 aromatic rings. The molecule has 0 amide bonds. The SMILES string of the molecule is Cc1nc(N(C)C)nc(NCCc2cnccn2)c1C.O=C(O)C(F)(F)F.